The van der Waals surface area contributed by atoms with Gasteiger partial charge in [-0.1, -0.05) is 0 Å². The molecule has 4 heteroatoms. The van der Waals surface area contributed by atoms with Gasteiger partial charge in [0.1, 0.15) is 0 Å². The van der Waals surface area contributed by atoms with Gasteiger partial charge in [-0.05, 0) is 0 Å². The molecule has 0 atom stereocenters. The molecule has 0 aliphatic heterocycles. The molecule has 0 fully saturated rings. The second-order valence-electron chi connectivity index (χ2n) is 1.95. The van der Waals surface area contributed by atoms with Crippen molar-refractivity contribution in [2.45, 2.75) is 19.8 Å². The molecule has 2 radical (unpaired) electrons. The molecule has 0 saturated carbocycles. The number of halogens is 2. The van der Waals surface area contributed by atoms with Crippen LogP contribution in [-0.4, -0.2) is 37.3 Å². The van der Waals surface area contributed by atoms with E-state index in [2.05, 4.69) is 14.8 Å². The molecule has 0 N–H and O–H groups in total. The van der Waals surface area contributed by atoms with Gasteiger partial charge in [0.05, 0.1) is 0 Å². The van der Waals surface area contributed by atoms with Gasteiger partial charge in [-0.25, -0.2) is 0 Å². The second kappa shape index (κ2) is 9.18. The topological polar surface area (TPSA) is 0 Å². The van der Waals surface area contributed by atoms with E-state index in [0.717, 1.165) is 0 Å². The van der Waals surface area contributed by atoms with Crippen LogP contribution in [0, 0.1) is 0 Å². The standard InChI is InChI=1S/4CH3.2ClH.2Sn/h4*1H3;2*1H;;/q;;;;;;;+2/p-2. The summed E-state index contributed by atoms with van der Waals surface area (Å²) >= 11 is -2.14. The van der Waals surface area contributed by atoms with Crippen molar-refractivity contribution in [2.24, 2.45) is 0 Å². The molecule has 0 heterocycles. The molecule has 0 aromatic heterocycles. The molecule has 0 aromatic carbocycles. The zero-order valence-corrected chi connectivity index (χ0v) is 13.0. The number of rotatable bonds is 0. The zero-order chi connectivity index (χ0) is 7.15. The Bertz CT molecular complexity index is 27.5. The molecule has 0 aliphatic rings. The van der Waals surface area contributed by atoms with Crippen molar-refractivity contribution in [2.75, 3.05) is 0 Å². The van der Waals surface area contributed by atoms with E-state index in [4.69, 9.17) is 17.8 Å². The Labute approximate surface area is 73.8 Å². The molecule has 50 valence electrons. The van der Waals surface area contributed by atoms with Crippen LogP contribution in [-0.2, 0) is 0 Å². The zero-order valence-electron chi connectivity index (χ0n) is 5.76. The van der Waals surface area contributed by atoms with Crippen LogP contribution in [0.4, 0.5) is 0 Å². The summed E-state index contributed by atoms with van der Waals surface area (Å²) in [6.07, 6.45) is 0. The van der Waals surface area contributed by atoms with E-state index < -0.39 is 37.3 Å². The van der Waals surface area contributed by atoms with Crippen molar-refractivity contribution in [1.29, 1.82) is 0 Å². The van der Waals surface area contributed by atoms with Crippen LogP contribution in [0.25, 0.3) is 0 Å². The summed E-state index contributed by atoms with van der Waals surface area (Å²) < 4.78 is 0. The van der Waals surface area contributed by atoms with E-state index >= 15 is 0 Å². The Morgan fingerprint density at radius 1 is 0.875 bits per heavy atom. The van der Waals surface area contributed by atoms with E-state index in [1.54, 1.807) is 0 Å². The van der Waals surface area contributed by atoms with Gasteiger partial charge >= 0.3 is 74.9 Å². The van der Waals surface area contributed by atoms with Crippen molar-refractivity contribution in [3.63, 3.8) is 0 Å². The number of hydrogen-bond acceptors (Lipinski definition) is 0. The third-order valence-electron chi connectivity index (χ3n) is 0. The Balaban J connectivity index is 0. The monoisotopic (exact) mass is 370 g/mol. The van der Waals surface area contributed by atoms with Crippen LogP contribution in [0.5, 0.6) is 0 Å². The Morgan fingerprint density at radius 2 is 0.875 bits per heavy atom. The summed E-state index contributed by atoms with van der Waals surface area (Å²) in [4.78, 5) is 8.98. The average molecular weight is 368 g/mol. The van der Waals surface area contributed by atoms with Crippen LogP contribution >= 0.6 is 17.8 Å². The van der Waals surface area contributed by atoms with Crippen LogP contribution in [0.3, 0.4) is 0 Å². The van der Waals surface area contributed by atoms with E-state index in [0.29, 0.717) is 0 Å². The fourth-order valence-corrected chi connectivity index (χ4v) is 0. The van der Waals surface area contributed by atoms with Crippen LogP contribution < -0.4 is 0 Å². The first-order valence-electron chi connectivity index (χ1n) is 2.38. The molecule has 0 nitrogen and oxygen atoms in total. The van der Waals surface area contributed by atoms with Gasteiger partial charge in [0.2, 0.25) is 0 Å². The minimum atomic E-state index is -1.60. The first kappa shape index (κ1) is 12.8. The molecule has 8 heavy (non-hydrogen) atoms. The van der Waals surface area contributed by atoms with Crippen molar-refractivity contribution in [1.82, 2.24) is 0 Å². The van der Waals surface area contributed by atoms with Crippen molar-refractivity contribution < 1.29 is 0 Å². The summed E-state index contributed by atoms with van der Waals surface area (Å²) in [7, 11) is 10.5. The summed E-state index contributed by atoms with van der Waals surface area (Å²) in [5.74, 6) is 0. The summed E-state index contributed by atoms with van der Waals surface area (Å²) in [5, 5.41) is 0. The fraction of sp³-hybridized carbons (Fsp3) is 1.00. The molecule has 0 unspecified atom stereocenters. The van der Waals surface area contributed by atoms with Crippen molar-refractivity contribution >= 4 is 55.1 Å². The summed E-state index contributed by atoms with van der Waals surface area (Å²) in [6, 6.07) is 0. The molecular formula is C4H12Cl2Sn2. The van der Waals surface area contributed by atoms with Crippen LogP contribution in [0.15, 0.2) is 0 Å². The summed E-state index contributed by atoms with van der Waals surface area (Å²) in [6.45, 7) is 0. The maximum atomic E-state index is 5.24. The first-order valence-corrected chi connectivity index (χ1v) is 21.0. The van der Waals surface area contributed by atoms with Gasteiger partial charge in [0.25, 0.3) is 0 Å². The normalized spacial score (nSPS) is 9.00. The SMILES string of the molecule is [CH3][Sn]([CH3])[CH3].[CH3][Sn]([Cl])[Cl]. The second-order valence-corrected chi connectivity index (χ2v) is 22.0. The molecule has 0 rings (SSSR count). The number of hydrogen-bond donors (Lipinski definition) is 0. The fourth-order valence-electron chi connectivity index (χ4n) is 0. The van der Waals surface area contributed by atoms with Gasteiger partial charge < -0.3 is 0 Å². The van der Waals surface area contributed by atoms with Gasteiger partial charge in [0, 0.05) is 0 Å². The maximum absolute atomic E-state index is 5.24. The quantitative estimate of drug-likeness (QED) is 0.577. The third-order valence-corrected chi connectivity index (χ3v) is 0. The first-order chi connectivity index (χ1) is 3.46. The van der Waals surface area contributed by atoms with E-state index in [1.807, 2.05) is 4.94 Å². The molecule has 0 aliphatic carbocycles. The Hall–Kier alpha value is 2.18. The van der Waals surface area contributed by atoms with E-state index in [1.165, 1.54) is 0 Å². The van der Waals surface area contributed by atoms with Crippen molar-refractivity contribution in [3.05, 3.63) is 0 Å². The Morgan fingerprint density at radius 3 is 0.875 bits per heavy atom. The summed E-state index contributed by atoms with van der Waals surface area (Å²) in [5.41, 5.74) is 0. The van der Waals surface area contributed by atoms with Crippen LogP contribution in [0.2, 0.25) is 19.8 Å². The predicted molar refractivity (Wildman–Crippen MR) is 46.7 cm³/mol. The predicted octanol–water partition coefficient (Wildman–Crippen LogP) is 2.95. The van der Waals surface area contributed by atoms with Gasteiger partial charge in [-0.2, -0.15) is 0 Å². The molecule has 0 spiro atoms. The van der Waals surface area contributed by atoms with Gasteiger partial charge in [-0.3, -0.25) is 0 Å². The van der Waals surface area contributed by atoms with Gasteiger partial charge in [-0.15, -0.1) is 0 Å². The average Bonchev–Trinajstić information content (AvgIpc) is 1.25. The molecular weight excluding hydrogens is 356 g/mol. The van der Waals surface area contributed by atoms with E-state index in [-0.39, 0.29) is 0 Å². The molecule has 0 amide bonds. The minimum absolute atomic E-state index is 0.543. The molecule has 0 saturated heterocycles. The molecule has 0 aromatic rings. The van der Waals surface area contributed by atoms with Crippen LogP contribution in [0.1, 0.15) is 0 Å². The van der Waals surface area contributed by atoms with E-state index in [9.17, 15) is 0 Å². The molecule has 0 bridgehead atoms. The Kier molecular flexibility index (Phi) is 14.7. The third kappa shape index (κ3) is 88.9. The van der Waals surface area contributed by atoms with Crippen molar-refractivity contribution in [3.8, 4) is 0 Å². The van der Waals surface area contributed by atoms with Gasteiger partial charge in [0.15, 0.2) is 0 Å².